The third-order valence-corrected chi connectivity index (χ3v) is 7.58. The van der Waals surface area contributed by atoms with E-state index in [1.807, 2.05) is 6.92 Å². The van der Waals surface area contributed by atoms with Crippen LogP contribution in [0.3, 0.4) is 0 Å². The molecular formula is C32H53F3N2O. The number of alkyl halides is 3. The van der Waals surface area contributed by atoms with Crippen molar-refractivity contribution in [2.75, 3.05) is 0 Å². The monoisotopic (exact) mass is 538 g/mol. The molecule has 1 aromatic rings. The van der Waals surface area contributed by atoms with E-state index in [0.29, 0.717) is 28.5 Å². The molecule has 0 amide bonds. The molecule has 2 fully saturated rings. The summed E-state index contributed by atoms with van der Waals surface area (Å²) < 4.78 is 37.3. The van der Waals surface area contributed by atoms with Crippen molar-refractivity contribution in [3.05, 3.63) is 23.5 Å². The highest BCUT2D eigenvalue weighted by molar-refractivity contribution is 5.84. The minimum Gasteiger partial charge on any atom is -0.300 e. The predicted molar refractivity (Wildman–Crippen MR) is 154 cm³/mol. The maximum atomic E-state index is 12.4. The van der Waals surface area contributed by atoms with Crippen molar-refractivity contribution in [2.24, 2.45) is 22.2 Å². The Morgan fingerprint density at radius 2 is 1.66 bits per heavy atom. The van der Waals surface area contributed by atoms with Crippen LogP contribution in [0, 0.1) is 24.2 Å². The van der Waals surface area contributed by atoms with Crippen LogP contribution in [0.1, 0.15) is 143 Å². The van der Waals surface area contributed by atoms with Crippen LogP contribution in [-0.4, -0.2) is 16.5 Å². The highest BCUT2D eigenvalue weighted by atomic mass is 19.4. The van der Waals surface area contributed by atoms with Gasteiger partial charge in [0.15, 0.2) is 0 Å². The lowest BCUT2D eigenvalue weighted by molar-refractivity contribution is -0.141. The summed E-state index contributed by atoms with van der Waals surface area (Å²) in [5.74, 6) is 2.24. The van der Waals surface area contributed by atoms with Gasteiger partial charge in [0, 0.05) is 18.6 Å². The van der Waals surface area contributed by atoms with Crippen LogP contribution < -0.4 is 0 Å². The molecule has 3 rings (SSSR count). The van der Waals surface area contributed by atoms with Crippen molar-refractivity contribution in [2.45, 2.75) is 145 Å². The third kappa shape index (κ3) is 14.4. The maximum Gasteiger partial charge on any atom is 0.433 e. The van der Waals surface area contributed by atoms with E-state index in [2.05, 4.69) is 44.6 Å². The number of rotatable bonds is 9. The number of halogens is 3. The molecule has 0 bridgehead atoms. The number of hydrogen-bond donors (Lipinski definition) is 0. The summed E-state index contributed by atoms with van der Waals surface area (Å²) in [5, 5.41) is 0. The summed E-state index contributed by atoms with van der Waals surface area (Å²) in [6.07, 6.45) is 12.1. The topological polar surface area (TPSA) is 42.3 Å². The average Bonchev–Trinajstić information content (AvgIpc) is 2.81. The first kappa shape index (κ1) is 34.3. The van der Waals surface area contributed by atoms with Gasteiger partial charge in [0.1, 0.15) is 11.5 Å². The van der Waals surface area contributed by atoms with Gasteiger partial charge in [0.25, 0.3) is 0 Å². The number of unbranched alkanes of at least 4 members (excludes halogenated alkanes) is 2. The van der Waals surface area contributed by atoms with E-state index >= 15 is 0 Å². The van der Waals surface area contributed by atoms with Gasteiger partial charge in [-0.2, -0.15) is 13.2 Å². The molecule has 0 aromatic carbocycles. The Bertz CT molecular complexity index is 857. The third-order valence-electron chi connectivity index (χ3n) is 7.58. The number of pyridine rings is 1. The Balaban J connectivity index is 0.000000324. The van der Waals surface area contributed by atoms with Crippen molar-refractivity contribution in [3.63, 3.8) is 0 Å². The average molecular weight is 539 g/mol. The molecule has 1 heterocycles. The second-order valence-electron chi connectivity index (χ2n) is 12.3. The maximum absolute atomic E-state index is 12.4. The lowest BCUT2D eigenvalue weighted by Gasteiger charge is -2.35. The van der Waals surface area contributed by atoms with Crippen LogP contribution in [0.25, 0.3) is 0 Å². The highest BCUT2D eigenvalue weighted by Crippen LogP contribution is 2.40. The largest absolute Gasteiger partial charge is 0.433 e. The van der Waals surface area contributed by atoms with Crippen molar-refractivity contribution < 1.29 is 18.0 Å². The second-order valence-corrected chi connectivity index (χ2v) is 12.3. The molecule has 0 N–H and O–H groups in total. The molecule has 218 valence electrons. The van der Waals surface area contributed by atoms with Crippen LogP contribution in [0.2, 0.25) is 0 Å². The number of carbonyl (C=O) groups is 1. The van der Waals surface area contributed by atoms with Gasteiger partial charge in [-0.15, -0.1) is 0 Å². The number of hydrogen-bond acceptors (Lipinski definition) is 3. The quantitative estimate of drug-likeness (QED) is 0.293. The number of aromatic nitrogens is 1. The van der Waals surface area contributed by atoms with E-state index in [0.717, 1.165) is 62.6 Å². The molecule has 0 saturated heterocycles. The Labute approximate surface area is 230 Å². The fraction of sp³-hybridized carbons (Fsp3) is 0.781. The fourth-order valence-corrected chi connectivity index (χ4v) is 4.96. The lowest BCUT2D eigenvalue weighted by atomic mass is 9.71. The number of ketones is 1. The Kier molecular flexibility index (Phi) is 15.4. The Morgan fingerprint density at radius 1 is 1.05 bits per heavy atom. The van der Waals surface area contributed by atoms with Gasteiger partial charge < -0.3 is 0 Å². The summed E-state index contributed by atoms with van der Waals surface area (Å²) in [5.41, 5.74) is 1.34. The zero-order chi connectivity index (χ0) is 28.8. The first-order valence-corrected chi connectivity index (χ1v) is 14.9. The van der Waals surface area contributed by atoms with Crippen molar-refractivity contribution in [1.82, 2.24) is 4.98 Å². The molecule has 3 nitrogen and oxygen atoms in total. The summed E-state index contributed by atoms with van der Waals surface area (Å²) in [6, 6.07) is 2.35. The summed E-state index contributed by atoms with van der Waals surface area (Å²) in [4.78, 5) is 19.5. The van der Waals surface area contributed by atoms with E-state index in [9.17, 15) is 18.0 Å². The van der Waals surface area contributed by atoms with Crippen molar-refractivity contribution in [1.29, 1.82) is 0 Å². The molecule has 2 saturated carbocycles. The summed E-state index contributed by atoms with van der Waals surface area (Å²) in [7, 11) is 0. The standard InChI is InChI=1S/C14H26O.C13H17F3N2.C5H10/c1-4-5-8-13(15)10-12-7-6-9-14(2,3)11-12;1-4-5-6-9(2)17-11-7-8-12(13(14,15)16)18-10(11)3;1-5-3-2-4-5/h12H,4-11H2,1-3H3;7-8H,4-6H2,1-3H3;5H,2-4H2,1H3. The minimum absolute atomic E-state index is 0.306. The van der Waals surface area contributed by atoms with E-state index in [1.165, 1.54) is 51.0 Å². The fourth-order valence-electron chi connectivity index (χ4n) is 4.96. The minimum atomic E-state index is -4.40. The molecular weight excluding hydrogens is 485 g/mol. The van der Waals surface area contributed by atoms with Gasteiger partial charge in [-0.3, -0.25) is 9.79 Å². The van der Waals surface area contributed by atoms with Crippen LogP contribution in [0.15, 0.2) is 17.1 Å². The van der Waals surface area contributed by atoms with Crippen LogP contribution in [0.5, 0.6) is 0 Å². The zero-order valence-corrected chi connectivity index (χ0v) is 25.1. The Hall–Kier alpha value is -1.72. The molecule has 0 aliphatic heterocycles. The molecule has 6 heteroatoms. The van der Waals surface area contributed by atoms with Crippen LogP contribution in [-0.2, 0) is 11.0 Å². The number of aliphatic imine (C=N–C) groups is 1. The number of aryl methyl sites for hydroxylation is 1. The van der Waals surface area contributed by atoms with Crippen LogP contribution in [0.4, 0.5) is 18.9 Å². The smallest absolute Gasteiger partial charge is 0.300 e. The van der Waals surface area contributed by atoms with Gasteiger partial charge in [0.05, 0.1) is 11.4 Å². The van der Waals surface area contributed by atoms with Gasteiger partial charge >= 0.3 is 6.18 Å². The highest BCUT2D eigenvalue weighted by Gasteiger charge is 2.32. The van der Waals surface area contributed by atoms with E-state index in [4.69, 9.17) is 0 Å². The van der Waals surface area contributed by atoms with Crippen molar-refractivity contribution >= 4 is 17.2 Å². The summed E-state index contributed by atoms with van der Waals surface area (Å²) in [6.45, 7) is 14.7. The predicted octanol–water partition coefficient (Wildman–Crippen LogP) is 10.9. The van der Waals surface area contributed by atoms with E-state index < -0.39 is 11.9 Å². The number of Topliss-reactive ketones (excluding diaryl/α,β-unsaturated/α-hetero) is 1. The van der Waals surface area contributed by atoms with Crippen molar-refractivity contribution in [3.8, 4) is 0 Å². The first-order chi connectivity index (χ1) is 17.8. The van der Waals surface area contributed by atoms with Gasteiger partial charge in [-0.05, 0) is 81.8 Å². The molecule has 38 heavy (non-hydrogen) atoms. The van der Waals surface area contributed by atoms with Crippen LogP contribution >= 0.6 is 0 Å². The zero-order valence-electron chi connectivity index (χ0n) is 25.1. The second kappa shape index (κ2) is 17.1. The Morgan fingerprint density at radius 3 is 2.13 bits per heavy atom. The molecule has 0 radical (unpaired) electrons. The SMILES string of the molecule is CC1CCC1.CCCCC(=O)CC1CCCC(C)(C)C1.CCCCC(C)=Nc1ccc(C(F)(F)F)nc1C. The first-order valence-electron chi connectivity index (χ1n) is 14.9. The normalized spacial score (nSPS) is 19.4. The van der Waals surface area contributed by atoms with Gasteiger partial charge in [-0.1, -0.05) is 73.1 Å². The molecule has 2 aliphatic rings. The number of carbonyl (C=O) groups excluding carboxylic acids is 1. The van der Waals surface area contributed by atoms with E-state index in [-0.39, 0.29) is 0 Å². The lowest BCUT2D eigenvalue weighted by Crippen LogP contribution is -2.24. The van der Waals surface area contributed by atoms with E-state index in [1.54, 1.807) is 6.92 Å². The summed E-state index contributed by atoms with van der Waals surface area (Å²) >= 11 is 0. The molecule has 2 aliphatic carbocycles. The molecule has 1 aromatic heterocycles. The molecule has 0 spiro atoms. The number of nitrogens with zero attached hydrogens (tertiary/aromatic N) is 2. The molecule has 1 unspecified atom stereocenters. The van der Waals surface area contributed by atoms with Gasteiger partial charge in [-0.25, -0.2) is 4.98 Å². The molecule has 1 atom stereocenters. The van der Waals surface area contributed by atoms with Gasteiger partial charge in [0.2, 0.25) is 0 Å².